The van der Waals surface area contributed by atoms with Gasteiger partial charge in [0.25, 0.3) is 5.91 Å². The van der Waals surface area contributed by atoms with Crippen molar-refractivity contribution in [3.63, 3.8) is 0 Å². The summed E-state index contributed by atoms with van der Waals surface area (Å²) < 4.78 is 5.54. The van der Waals surface area contributed by atoms with Crippen molar-refractivity contribution in [1.82, 2.24) is 9.88 Å². The van der Waals surface area contributed by atoms with E-state index in [9.17, 15) is 9.59 Å². The van der Waals surface area contributed by atoms with Crippen LogP contribution in [0, 0.1) is 20.8 Å². The van der Waals surface area contributed by atoms with Crippen LogP contribution in [-0.2, 0) is 19.2 Å². The zero-order valence-electron chi connectivity index (χ0n) is 22.3. The number of nitrogens with zero attached hydrogens (tertiary/aromatic N) is 3. The van der Waals surface area contributed by atoms with E-state index in [0.717, 1.165) is 51.5 Å². The lowest BCUT2D eigenvalue weighted by atomic mass is 9.95. The number of hydrogen-bond donors (Lipinski definition) is 0. The van der Waals surface area contributed by atoms with E-state index in [0.29, 0.717) is 19.5 Å². The molecule has 7 nitrogen and oxygen atoms in total. The van der Waals surface area contributed by atoms with Gasteiger partial charge in [-0.25, -0.2) is 4.98 Å². The Morgan fingerprint density at radius 2 is 1.84 bits per heavy atom. The van der Waals surface area contributed by atoms with Crippen molar-refractivity contribution in [2.45, 2.75) is 65.1 Å². The number of aryl methyl sites for hydroxylation is 3. The van der Waals surface area contributed by atoms with E-state index in [1.54, 1.807) is 11.3 Å². The Bertz CT molecular complexity index is 1370. The molecule has 198 valence electrons. The van der Waals surface area contributed by atoms with Gasteiger partial charge in [-0.3, -0.25) is 9.59 Å². The molecule has 0 radical (unpaired) electrons. The third kappa shape index (κ3) is 5.50. The van der Waals surface area contributed by atoms with E-state index in [-0.39, 0.29) is 17.9 Å². The Hall–Kier alpha value is -3.52. The van der Waals surface area contributed by atoms with Gasteiger partial charge in [-0.15, -0.1) is 11.3 Å². The summed E-state index contributed by atoms with van der Waals surface area (Å²) in [6.45, 7) is 8.54. The van der Waals surface area contributed by atoms with Gasteiger partial charge in [0.05, 0.1) is 10.7 Å². The number of rotatable bonds is 6. The molecule has 2 atom stereocenters. The molecule has 38 heavy (non-hydrogen) atoms. The SMILES string of the molecule is CC(=O)OC(C(=O)N1CCC(c2nc(C3=NO[C@@H](c4ccccc4C)C3)cs2)CC1)c1cc(C)ccc1C. The summed E-state index contributed by atoms with van der Waals surface area (Å²) in [4.78, 5) is 37.8. The maximum absolute atomic E-state index is 13.5. The first-order chi connectivity index (χ1) is 18.3. The minimum Gasteiger partial charge on any atom is -0.447 e. The predicted molar refractivity (Wildman–Crippen MR) is 147 cm³/mol. The third-order valence-electron chi connectivity index (χ3n) is 7.40. The second kappa shape index (κ2) is 11.1. The number of benzene rings is 2. The van der Waals surface area contributed by atoms with Crippen molar-refractivity contribution < 1.29 is 19.2 Å². The second-order valence-corrected chi connectivity index (χ2v) is 11.1. The zero-order chi connectivity index (χ0) is 26.8. The number of esters is 1. The van der Waals surface area contributed by atoms with E-state index in [2.05, 4.69) is 29.6 Å². The van der Waals surface area contributed by atoms with Crippen LogP contribution in [0.1, 0.15) is 82.8 Å². The molecule has 0 bridgehead atoms. The summed E-state index contributed by atoms with van der Waals surface area (Å²) in [5.41, 5.74) is 6.82. The van der Waals surface area contributed by atoms with Gasteiger partial charge in [-0.1, -0.05) is 53.2 Å². The molecule has 2 aliphatic rings. The Morgan fingerprint density at radius 3 is 2.58 bits per heavy atom. The van der Waals surface area contributed by atoms with Crippen LogP contribution in [0.3, 0.4) is 0 Å². The Labute approximate surface area is 227 Å². The topological polar surface area (TPSA) is 81.1 Å². The zero-order valence-corrected chi connectivity index (χ0v) is 23.1. The number of piperidine rings is 1. The van der Waals surface area contributed by atoms with E-state index < -0.39 is 12.1 Å². The van der Waals surface area contributed by atoms with E-state index >= 15 is 0 Å². The highest BCUT2D eigenvalue weighted by molar-refractivity contribution is 7.10. The Balaban J connectivity index is 1.22. The lowest BCUT2D eigenvalue weighted by molar-refractivity contribution is -0.159. The number of carbonyl (C=O) groups is 2. The van der Waals surface area contributed by atoms with E-state index in [1.165, 1.54) is 12.5 Å². The molecule has 1 aromatic heterocycles. The average Bonchev–Trinajstić information content (AvgIpc) is 3.59. The first-order valence-corrected chi connectivity index (χ1v) is 13.9. The van der Waals surface area contributed by atoms with Crippen molar-refractivity contribution in [2.24, 2.45) is 5.16 Å². The minimum absolute atomic E-state index is 0.0761. The number of ether oxygens (including phenoxy) is 1. The van der Waals surface area contributed by atoms with Crippen LogP contribution in [0.25, 0.3) is 0 Å². The number of oxime groups is 1. The summed E-state index contributed by atoms with van der Waals surface area (Å²) in [7, 11) is 0. The smallest absolute Gasteiger partial charge is 0.303 e. The molecule has 1 amide bonds. The normalized spacial score (nSPS) is 18.6. The van der Waals surface area contributed by atoms with Crippen LogP contribution in [-0.4, -0.2) is 40.6 Å². The standard InChI is InChI=1S/C30H33N3O4S/c1-18-9-10-20(3)24(15-18)28(36-21(4)34)30(35)33-13-11-22(12-14-33)29-31-26(17-38-29)25-16-27(37-32-25)23-8-6-5-7-19(23)2/h5-10,15,17,22,27-28H,11-14,16H2,1-4H3/t27-,28?/m1/s1. The number of aromatic nitrogens is 1. The fourth-order valence-electron chi connectivity index (χ4n) is 5.22. The first-order valence-electron chi connectivity index (χ1n) is 13.1. The van der Waals surface area contributed by atoms with Crippen LogP contribution < -0.4 is 0 Å². The molecule has 1 saturated heterocycles. The Kier molecular flexibility index (Phi) is 7.61. The quantitative estimate of drug-likeness (QED) is 0.368. The van der Waals surface area contributed by atoms with Crippen LogP contribution in [0.15, 0.2) is 53.0 Å². The summed E-state index contributed by atoms with van der Waals surface area (Å²) >= 11 is 1.65. The molecule has 3 heterocycles. The maximum atomic E-state index is 13.5. The van der Waals surface area contributed by atoms with Gasteiger partial charge < -0.3 is 14.5 Å². The number of amides is 1. The first kappa shape index (κ1) is 26.1. The van der Waals surface area contributed by atoms with Crippen molar-refractivity contribution in [3.05, 3.63) is 86.4 Å². The highest BCUT2D eigenvalue weighted by atomic mass is 32.1. The minimum atomic E-state index is -0.919. The number of carbonyl (C=O) groups excluding carboxylic acids is 2. The van der Waals surface area contributed by atoms with Crippen LogP contribution in [0.2, 0.25) is 0 Å². The molecule has 3 aromatic rings. The van der Waals surface area contributed by atoms with Crippen molar-refractivity contribution in [3.8, 4) is 0 Å². The molecule has 0 N–H and O–H groups in total. The summed E-state index contributed by atoms with van der Waals surface area (Å²) in [6, 6.07) is 14.1. The van der Waals surface area contributed by atoms with Gasteiger partial charge in [-0.05, 0) is 50.3 Å². The molecular formula is C30H33N3O4S. The molecule has 2 aliphatic heterocycles. The lowest BCUT2D eigenvalue weighted by Gasteiger charge is -2.33. The highest BCUT2D eigenvalue weighted by Gasteiger charge is 2.34. The number of likely N-dealkylation sites (tertiary alicyclic amines) is 1. The van der Waals surface area contributed by atoms with Crippen LogP contribution in [0.4, 0.5) is 0 Å². The highest BCUT2D eigenvalue weighted by Crippen LogP contribution is 2.35. The van der Waals surface area contributed by atoms with Gasteiger partial charge >= 0.3 is 5.97 Å². The summed E-state index contributed by atoms with van der Waals surface area (Å²) in [6.07, 6.45) is 1.33. The third-order valence-corrected chi connectivity index (χ3v) is 8.41. The Morgan fingerprint density at radius 1 is 1.08 bits per heavy atom. The second-order valence-electron chi connectivity index (χ2n) is 10.2. The van der Waals surface area contributed by atoms with Crippen LogP contribution in [0.5, 0.6) is 0 Å². The van der Waals surface area contributed by atoms with E-state index in [4.69, 9.17) is 14.6 Å². The van der Waals surface area contributed by atoms with Crippen molar-refractivity contribution in [2.75, 3.05) is 13.1 Å². The lowest BCUT2D eigenvalue weighted by Crippen LogP contribution is -2.41. The average molecular weight is 532 g/mol. The fraction of sp³-hybridized carbons (Fsp3) is 0.400. The summed E-state index contributed by atoms with van der Waals surface area (Å²) in [5.74, 6) is -0.342. The maximum Gasteiger partial charge on any atom is 0.303 e. The van der Waals surface area contributed by atoms with Gasteiger partial charge in [-0.2, -0.15) is 0 Å². The molecule has 2 aromatic carbocycles. The molecule has 5 rings (SSSR count). The predicted octanol–water partition coefficient (Wildman–Crippen LogP) is 5.94. The number of hydrogen-bond acceptors (Lipinski definition) is 7. The molecule has 0 spiro atoms. The molecule has 8 heteroatoms. The molecule has 0 aliphatic carbocycles. The molecule has 1 unspecified atom stereocenters. The monoisotopic (exact) mass is 531 g/mol. The number of thiazole rings is 1. The molecule has 0 saturated carbocycles. The van der Waals surface area contributed by atoms with Crippen molar-refractivity contribution in [1.29, 1.82) is 0 Å². The summed E-state index contributed by atoms with van der Waals surface area (Å²) in [5, 5.41) is 7.48. The molecule has 1 fully saturated rings. The van der Waals surface area contributed by atoms with E-state index in [1.807, 2.05) is 49.1 Å². The van der Waals surface area contributed by atoms with Gasteiger partial charge in [0.1, 0.15) is 5.71 Å². The molecular weight excluding hydrogens is 498 g/mol. The van der Waals surface area contributed by atoms with Gasteiger partial charge in [0.15, 0.2) is 6.10 Å². The van der Waals surface area contributed by atoms with Crippen LogP contribution >= 0.6 is 11.3 Å². The largest absolute Gasteiger partial charge is 0.447 e. The van der Waals surface area contributed by atoms with Gasteiger partial charge in [0.2, 0.25) is 6.10 Å². The fourth-order valence-corrected chi connectivity index (χ4v) is 6.22. The van der Waals surface area contributed by atoms with Crippen molar-refractivity contribution >= 4 is 28.9 Å². The van der Waals surface area contributed by atoms with Gasteiger partial charge in [0, 0.05) is 43.3 Å².